The molecule has 0 saturated carbocycles. The zero-order valence-electron chi connectivity index (χ0n) is 33.4. The highest BCUT2D eigenvalue weighted by Gasteiger charge is 2.16. The first-order valence-electron chi connectivity index (χ1n) is 21.3. The predicted molar refractivity (Wildman–Crippen MR) is 219 cm³/mol. The standard InChI is InChI=1S/C46H80O5/c1-3-5-7-9-11-13-15-17-19-20-21-22-23-24-25-26-27-29-31-33-35-37-39-41-46(49)51-44(42-47)43-50-45(48)40-38-36-34-32-30-28-18-16-14-12-10-8-6-4-2/h5,7,11,13,17,19,21-22,24-25,44,47H,3-4,6,8-10,12,14-16,18,20,23,26-43H2,1-2H3/b7-5-,13-11-,19-17-,22-21-,25-24-. The van der Waals surface area contributed by atoms with Crippen molar-refractivity contribution < 1.29 is 24.2 Å². The summed E-state index contributed by atoms with van der Waals surface area (Å²) in [5.74, 6) is -0.601. The lowest BCUT2D eigenvalue weighted by atomic mass is 10.0. The van der Waals surface area contributed by atoms with Gasteiger partial charge < -0.3 is 14.6 Å². The molecule has 1 unspecified atom stereocenters. The molecule has 0 fully saturated rings. The number of aliphatic hydroxyl groups excluding tert-OH is 1. The number of hydrogen-bond donors (Lipinski definition) is 1. The van der Waals surface area contributed by atoms with Gasteiger partial charge in [0.1, 0.15) is 6.61 Å². The lowest BCUT2D eigenvalue weighted by Crippen LogP contribution is -2.28. The zero-order valence-corrected chi connectivity index (χ0v) is 33.4. The molecule has 0 aliphatic rings. The van der Waals surface area contributed by atoms with E-state index in [-0.39, 0.29) is 25.2 Å². The minimum absolute atomic E-state index is 0.0701. The van der Waals surface area contributed by atoms with Gasteiger partial charge in [0.05, 0.1) is 6.61 Å². The van der Waals surface area contributed by atoms with Crippen LogP contribution in [-0.2, 0) is 19.1 Å². The van der Waals surface area contributed by atoms with Crippen LogP contribution < -0.4 is 0 Å². The van der Waals surface area contributed by atoms with Gasteiger partial charge in [0.2, 0.25) is 0 Å². The number of ether oxygens (including phenoxy) is 2. The van der Waals surface area contributed by atoms with Crippen LogP contribution in [0.5, 0.6) is 0 Å². The summed E-state index contributed by atoms with van der Waals surface area (Å²) >= 11 is 0. The molecule has 0 rings (SSSR count). The second kappa shape index (κ2) is 42.0. The Kier molecular flexibility index (Phi) is 40.0. The fourth-order valence-electron chi connectivity index (χ4n) is 5.87. The molecule has 5 nitrogen and oxygen atoms in total. The first kappa shape index (κ1) is 48.6. The van der Waals surface area contributed by atoms with Crippen LogP contribution in [0, 0.1) is 0 Å². The summed E-state index contributed by atoms with van der Waals surface area (Å²) in [5, 5.41) is 9.57. The minimum atomic E-state index is -0.777. The van der Waals surface area contributed by atoms with E-state index in [4.69, 9.17) is 9.47 Å². The van der Waals surface area contributed by atoms with Crippen LogP contribution in [0.3, 0.4) is 0 Å². The van der Waals surface area contributed by atoms with E-state index in [0.717, 1.165) is 77.0 Å². The van der Waals surface area contributed by atoms with E-state index >= 15 is 0 Å². The second-order valence-corrected chi connectivity index (χ2v) is 14.0. The van der Waals surface area contributed by atoms with Crippen LogP contribution in [0.15, 0.2) is 60.8 Å². The maximum absolute atomic E-state index is 12.2. The highest BCUT2D eigenvalue weighted by Crippen LogP contribution is 2.14. The molecule has 5 heteroatoms. The Morgan fingerprint density at radius 2 is 0.843 bits per heavy atom. The van der Waals surface area contributed by atoms with E-state index in [1.165, 1.54) is 96.3 Å². The minimum Gasteiger partial charge on any atom is -0.462 e. The van der Waals surface area contributed by atoms with Crippen molar-refractivity contribution in [3.8, 4) is 0 Å². The van der Waals surface area contributed by atoms with Crippen molar-refractivity contribution in [2.75, 3.05) is 13.2 Å². The number of esters is 2. The van der Waals surface area contributed by atoms with Crippen LogP contribution in [0.4, 0.5) is 0 Å². The van der Waals surface area contributed by atoms with Crippen molar-refractivity contribution in [1.29, 1.82) is 0 Å². The Morgan fingerprint density at radius 1 is 0.471 bits per heavy atom. The monoisotopic (exact) mass is 713 g/mol. The number of carbonyl (C=O) groups excluding carboxylic acids is 2. The highest BCUT2D eigenvalue weighted by molar-refractivity contribution is 5.70. The third-order valence-corrected chi connectivity index (χ3v) is 9.08. The van der Waals surface area contributed by atoms with Crippen molar-refractivity contribution in [2.24, 2.45) is 0 Å². The van der Waals surface area contributed by atoms with Gasteiger partial charge in [-0.2, -0.15) is 0 Å². The fourth-order valence-corrected chi connectivity index (χ4v) is 5.87. The largest absolute Gasteiger partial charge is 0.462 e. The van der Waals surface area contributed by atoms with Crippen molar-refractivity contribution in [1.82, 2.24) is 0 Å². The van der Waals surface area contributed by atoms with Gasteiger partial charge in [0, 0.05) is 12.8 Å². The van der Waals surface area contributed by atoms with Crippen molar-refractivity contribution in [3.63, 3.8) is 0 Å². The predicted octanol–water partition coefficient (Wildman–Crippen LogP) is 13.6. The fraction of sp³-hybridized carbons (Fsp3) is 0.739. The normalized spacial score (nSPS) is 12.8. The average molecular weight is 713 g/mol. The quantitative estimate of drug-likeness (QED) is 0.0392. The Balaban J connectivity index is 3.58. The van der Waals surface area contributed by atoms with Crippen molar-refractivity contribution >= 4 is 11.9 Å². The van der Waals surface area contributed by atoms with Crippen LogP contribution in [-0.4, -0.2) is 36.4 Å². The summed E-state index contributed by atoms with van der Waals surface area (Å²) in [6.45, 7) is 4.02. The van der Waals surface area contributed by atoms with Crippen LogP contribution in [0.25, 0.3) is 0 Å². The molecule has 1 N–H and O–H groups in total. The van der Waals surface area contributed by atoms with E-state index in [0.29, 0.717) is 12.8 Å². The van der Waals surface area contributed by atoms with Gasteiger partial charge in [-0.1, -0.05) is 190 Å². The molecule has 0 amide bonds. The zero-order chi connectivity index (χ0) is 37.1. The average Bonchev–Trinajstić information content (AvgIpc) is 3.13. The van der Waals surface area contributed by atoms with Gasteiger partial charge in [-0.15, -0.1) is 0 Å². The van der Waals surface area contributed by atoms with E-state index in [9.17, 15) is 14.7 Å². The van der Waals surface area contributed by atoms with Crippen molar-refractivity contribution in [2.45, 2.75) is 206 Å². The molecular formula is C46H80O5. The molecule has 0 aliphatic carbocycles. The summed E-state index contributed by atoms with van der Waals surface area (Å²) in [6.07, 6.45) is 54.3. The maximum atomic E-state index is 12.2. The Labute approximate surface area is 315 Å². The Bertz CT molecular complexity index is 899. The molecule has 0 radical (unpaired) electrons. The summed E-state index contributed by atoms with van der Waals surface area (Å²) < 4.78 is 10.6. The van der Waals surface area contributed by atoms with Gasteiger partial charge in [-0.05, 0) is 57.8 Å². The first-order valence-corrected chi connectivity index (χ1v) is 21.3. The molecule has 0 aromatic rings. The van der Waals surface area contributed by atoms with Crippen LogP contribution >= 0.6 is 0 Å². The number of allylic oxidation sites excluding steroid dienone is 10. The molecular weight excluding hydrogens is 633 g/mol. The molecule has 0 aliphatic heterocycles. The molecule has 51 heavy (non-hydrogen) atoms. The molecule has 0 aromatic heterocycles. The van der Waals surface area contributed by atoms with Gasteiger partial charge in [0.15, 0.2) is 6.10 Å². The number of unbranched alkanes of at least 4 members (excludes halogenated alkanes) is 20. The van der Waals surface area contributed by atoms with Crippen LogP contribution in [0.1, 0.15) is 200 Å². The molecule has 0 saturated heterocycles. The SMILES string of the molecule is CC/C=C\C/C=C\C/C=C\C/C=C\C/C=C\CCCCCCCCCC(=O)OC(CO)COC(=O)CCCCCCCCCCCCCCCC. The number of aliphatic hydroxyl groups is 1. The Hall–Kier alpha value is -2.40. The summed E-state index contributed by atoms with van der Waals surface area (Å²) in [5.41, 5.74) is 0. The maximum Gasteiger partial charge on any atom is 0.306 e. The molecule has 1 atom stereocenters. The number of rotatable bonds is 38. The van der Waals surface area contributed by atoms with E-state index in [1.807, 2.05) is 0 Å². The van der Waals surface area contributed by atoms with E-state index < -0.39 is 6.10 Å². The van der Waals surface area contributed by atoms with Crippen LogP contribution in [0.2, 0.25) is 0 Å². The van der Waals surface area contributed by atoms with Gasteiger partial charge in [-0.3, -0.25) is 9.59 Å². The first-order chi connectivity index (χ1) is 25.1. The van der Waals surface area contributed by atoms with E-state index in [1.54, 1.807) is 0 Å². The summed E-state index contributed by atoms with van der Waals surface area (Å²) in [6, 6.07) is 0. The van der Waals surface area contributed by atoms with Gasteiger partial charge in [-0.25, -0.2) is 0 Å². The highest BCUT2D eigenvalue weighted by atomic mass is 16.6. The van der Waals surface area contributed by atoms with Crippen molar-refractivity contribution in [3.05, 3.63) is 60.8 Å². The Morgan fingerprint density at radius 3 is 1.27 bits per heavy atom. The summed E-state index contributed by atoms with van der Waals surface area (Å²) in [4.78, 5) is 24.3. The topological polar surface area (TPSA) is 72.8 Å². The smallest absolute Gasteiger partial charge is 0.306 e. The molecule has 294 valence electrons. The molecule has 0 aromatic carbocycles. The second-order valence-electron chi connectivity index (χ2n) is 14.0. The molecule has 0 heterocycles. The van der Waals surface area contributed by atoms with E-state index in [2.05, 4.69) is 74.6 Å². The third kappa shape index (κ3) is 40.2. The number of hydrogen-bond acceptors (Lipinski definition) is 5. The van der Waals surface area contributed by atoms with Gasteiger partial charge in [0.25, 0.3) is 0 Å². The number of carbonyl (C=O) groups is 2. The van der Waals surface area contributed by atoms with Gasteiger partial charge >= 0.3 is 11.9 Å². The lowest BCUT2D eigenvalue weighted by molar-refractivity contribution is -0.161. The summed E-state index contributed by atoms with van der Waals surface area (Å²) in [7, 11) is 0. The third-order valence-electron chi connectivity index (χ3n) is 9.08. The molecule has 0 spiro atoms. The molecule has 0 bridgehead atoms. The lowest BCUT2D eigenvalue weighted by Gasteiger charge is -2.15.